The summed E-state index contributed by atoms with van der Waals surface area (Å²) in [4.78, 5) is 4.53. The Balaban J connectivity index is 1.92. The number of pyridine rings is 1. The number of hydrogen-bond acceptors (Lipinski definition) is 3. The number of halogens is 1. The third kappa shape index (κ3) is 3.21. The maximum absolute atomic E-state index is 5.86. The van der Waals surface area contributed by atoms with Crippen LogP contribution >= 0.6 is 15.9 Å². The van der Waals surface area contributed by atoms with E-state index < -0.39 is 0 Å². The van der Waals surface area contributed by atoms with Crippen molar-refractivity contribution in [2.24, 2.45) is 0 Å². The number of benzene rings is 1. The van der Waals surface area contributed by atoms with Crippen LogP contribution in [-0.2, 0) is 0 Å². The van der Waals surface area contributed by atoms with Crippen molar-refractivity contribution in [2.75, 3.05) is 11.9 Å². The molecule has 1 N–H and O–H groups in total. The molecule has 1 unspecified atom stereocenters. The van der Waals surface area contributed by atoms with Gasteiger partial charge in [0, 0.05) is 15.7 Å². The molecular formula is C17H19BrN2O. The fourth-order valence-electron chi connectivity index (χ4n) is 2.72. The number of aromatic nitrogens is 1. The smallest absolute Gasteiger partial charge is 0.125 e. The van der Waals surface area contributed by atoms with Gasteiger partial charge in [-0.2, -0.15) is 0 Å². The average molecular weight is 347 g/mol. The minimum absolute atomic E-state index is 0.263. The van der Waals surface area contributed by atoms with Gasteiger partial charge in [-0.15, -0.1) is 0 Å². The predicted octanol–water partition coefficient (Wildman–Crippen LogP) is 4.79. The molecule has 3 nitrogen and oxygen atoms in total. The number of fused-ring (bicyclic) bond motifs is 1. The van der Waals surface area contributed by atoms with E-state index in [0.717, 1.165) is 46.7 Å². The molecule has 0 aliphatic carbocycles. The Labute approximate surface area is 133 Å². The van der Waals surface area contributed by atoms with E-state index in [1.807, 2.05) is 19.9 Å². The number of nitrogens with zero attached hydrogens (tertiary/aromatic N) is 1. The van der Waals surface area contributed by atoms with Crippen molar-refractivity contribution in [1.29, 1.82) is 0 Å². The molecule has 0 saturated carbocycles. The van der Waals surface area contributed by atoms with Crippen LogP contribution in [0, 0.1) is 13.8 Å². The zero-order valence-electron chi connectivity index (χ0n) is 12.3. The van der Waals surface area contributed by atoms with Crippen molar-refractivity contribution in [3.8, 4) is 5.75 Å². The van der Waals surface area contributed by atoms with E-state index in [9.17, 15) is 0 Å². The Morgan fingerprint density at radius 3 is 2.90 bits per heavy atom. The van der Waals surface area contributed by atoms with Crippen LogP contribution in [0.2, 0.25) is 0 Å². The van der Waals surface area contributed by atoms with E-state index in [1.54, 1.807) is 0 Å². The van der Waals surface area contributed by atoms with Crippen molar-refractivity contribution in [1.82, 2.24) is 4.98 Å². The molecule has 1 atom stereocenters. The molecule has 0 saturated heterocycles. The quantitative estimate of drug-likeness (QED) is 0.848. The molecule has 1 aromatic carbocycles. The van der Waals surface area contributed by atoms with E-state index in [0.29, 0.717) is 0 Å². The number of rotatable bonds is 2. The van der Waals surface area contributed by atoms with E-state index in [1.165, 1.54) is 5.56 Å². The van der Waals surface area contributed by atoms with Gasteiger partial charge in [-0.1, -0.05) is 22.0 Å². The lowest BCUT2D eigenvalue weighted by atomic mass is 10.0. The number of nitrogens with one attached hydrogen (secondary N) is 1. The molecule has 0 spiro atoms. The Bertz CT molecular complexity index is 657. The topological polar surface area (TPSA) is 34.1 Å². The van der Waals surface area contributed by atoms with Crippen molar-refractivity contribution < 1.29 is 4.74 Å². The van der Waals surface area contributed by atoms with Crippen molar-refractivity contribution in [3.63, 3.8) is 0 Å². The molecule has 21 heavy (non-hydrogen) atoms. The highest BCUT2D eigenvalue weighted by Gasteiger charge is 2.20. The first-order valence-electron chi connectivity index (χ1n) is 7.26. The summed E-state index contributed by atoms with van der Waals surface area (Å²) in [7, 11) is 0. The molecule has 0 radical (unpaired) electrons. The van der Waals surface area contributed by atoms with Gasteiger partial charge in [0.2, 0.25) is 0 Å². The first-order valence-corrected chi connectivity index (χ1v) is 8.06. The zero-order valence-corrected chi connectivity index (χ0v) is 13.9. The van der Waals surface area contributed by atoms with E-state index >= 15 is 0 Å². The number of anilines is 1. The molecule has 2 heterocycles. The maximum atomic E-state index is 5.86. The van der Waals surface area contributed by atoms with Gasteiger partial charge < -0.3 is 10.1 Å². The first-order chi connectivity index (χ1) is 10.1. The second-order valence-corrected chi connectivity index (χ2v) is 6.37. The Morgan fingerprint density at radius 2 is 2.10 bits per heavy atom. The monoisotopic (exact) mass is 346 g/mol. The van der Waals surface area contributed by atoms with E-state index in [2.05, 4.69) is 50.5 Å². The van der Waals surface area contributed by atoms with Gasteiger partial charge in [-0.3, -0.25) is 4.98 Å². The predicted molar refractivity (Wildman–Crippen MR) is 88.9 cm³/mol. The zero-order chi connectivity index (χ0) is 14.8. The van der Waals surface area contributed by atoms with Gasteiger partial charge in [-0.25, -0.2) is 0 Å². The molecule has 1 aliphatic rings. The summed E-state index contributed by atoms with van der Waals surface area (Å²) in [5, 5.41) is 3.63. The summed E-state index contributed by atoms with van der Waals surface area (Å²) in [5.74, 6) is 0.970. The van der Waals surface area contributed by atoms with Crippen molar-refractivity contribution in [2.45, 2.75) is 32.7 Å². The fraction of sp³-hybridized carbons (Fsp3) is 0.353. The lowest BCUT2D eigenvalue weighted by Crippen LogP contribution is -2.11. The lowest BCUT2D eigenvalue weighted by Gasteiger charge is -2.21. The molecule has 0 fully saturated rings. The van der Waals surface area contributed by atoms with Crippen LogP contribution in [0.5, 0.6) is 5.75 Å². The second kappa shape index (κ2) is 6.06. The van der Waals surface area contributed by atoms with Crippen molar-refractivity contribution >= 4 is 21.6 Å². The fourth-order valence-corrected chi connectivity index (χ4v) is 3.06. The molecular weight excluding hydrogens is 328 g/mol. The van der Waals surface area contributed by atoms with Crippen LogP contribution in [-0.4, -0.2) is 11.6 Å². The van der Waals surface area contributed by atoms with Crippen LogP contribution in [0.15, 0.2) is 34.8 Å². The third-order valence-corrected chi connectivity index (χ3v) is 4.29. The van der Waals surface area contributed by atoms with Gasteiger partial charge in [0.25, 0.3) is 0 Å². The number of ether oxygens (including phenoxy) is 1. The molecule has 1 aliphatic heterocycles. The summed E-state index contributed by atoms with van der Waals surface area (Å²) in [6.45, 7) is 4.83. The molecule has 1 aromatic heterocycles. The lowest BCUT2D eigenvalue weighted by molar-refractivity contribution is 0.316. The summed E-state index contributed by atoms with van der Waals surface area (Å²) >= 11 is 3.51. The normalized spacial score (nSPS) is 17.6. The van der Waals surface area contributed by atoms with Crippen LogP contribution < -0.4 is 10.1 Å². The van der Waals surface area contributed by atoms with Crippen LogP contribution in [0.3, 0.4) is 0 Å². The summed E-state index contributed by atoms with van der Waals surface area (Å²) < 4.78 is 6.91. The summed E-state index contributed by atoms with van der Waals surface area (Å²) in [6.07, 6.45) is 2.10. The Hall–Kier alpha value is -1.55. The maximum Gasteiger partial charge on any atom is 0.125 e. The highest BCUT2D eigenvalue weighted by atomic mass is 79.9. The Morgan fingerprint density at radius 1 is 1.24 bits per heavy atom. The molecule has 0 amide bonds. The largest absolute Gasteiger partial charge is 0.493 e. The van der Waals surface area contributed by atoms with Gasteiger partial charge in [0.15, 0.2) is 0 Å². The minimum Gasteiger partial charge on any atom is -0.493 e. The van der Waals surface area contributed by atoms with Gasteiger partial charge in [-0.05, 0) is 51.0 Å². The third-order valence-electron chi connectivity index (χ3n) is 3.80. The molecule has 2 aromatic rings. The van der Waals surface area contributed by atoms with Gasteiger partial charge in [0.1, 0.15) is 5.75 Å². The highest BCUT2D eigenvalue weighted by Crippen LogP contribution is 2.36. The van der Waals surface area contributed by atoms with Crippen LogP contribution in [0.25, 0.3) is 0 Å². The molecule has 110 valence electrons. The van der Waals surface area contributed by atoms with Crippen LogP contribution in [0.4, 0.5) is 5.69 Å². The van der Waals surface area contributed by atoms with Crippen LogP contribution in [0.1, 0.15) is 35.8 Å². The first kappa shape index (κ1) is 14.4. The summed E-state index contributed by atoms with van der Waals surface area (Å²) in [5.41, 5.74) is 4.41. The Kier molecular flexibility index (Phi) is 4.15. The van der Waals surface area contributed by atoms with E-state index in [-0.39, 0.29) is 6.04 Å². The molecule has 4 heteroatoms. The summed E-state index contributed by atoms with van der Waals surface area (Å²) in [6, 6.07) is 10.7. The molecule has 0 bridgehead atoms. The minimum atomic E-state index is 0.263. The average Bonchev–Trinajstić information content (AvgIpc) is 2.64. The SMILES string of the molecule is Cc1ccc(NC2CCCOc3cc(Br)ccc32)c(C)n1. The number of aryl methyl sites for hydroxylation is 2. The van der Waals surface area contributed by atoms with Crippen molar-refractivity contribution in [3.05, 3.63) is 51.8 Å². The van der Waals surface area contributed by atoms with E-state index in [4.69, 9.17) is 4.74 Å². The number of hydrogen-bond donors (Lipinski definition) is 1. The van der Waals surface area contributed by atoms with Gasteiger partial charge >= 0.3 is 0 Å². The second-order valence-electron chi connectivity index (χ2n) is 5.46. The highest BCUT2D eigenvalue weighted by molar-refractivity contribution is 9.10. The molecule has 3 rings (SSSR count). The standard InChI is InChI=1S/C17H19BrN2O/c1-11-5-8-15(12(2)19-11)20-16-4-3-9-21-17-10-13(18)6-7-14(16)17/h5-8,10,16,20H,3-4,9H2,1-2H3. The van der Waals surface area contributed by atoms with Gasteiger partial charge in [0.05, 0.1) is 24.0 Å².